The maximum Gasteiger partial charge on any atom is 0.244 e. The molecule has 0 saturated carbocycles. The van der Waals surface area contributed by atoms with Crippen LogP contribution in [0.3, 0.4) is 0 Å². The van der Waals surface area contributed by atoms with Gasteiger partial charge < -0.3 is 15.2 Å². The molecular weight excluding hydrogens is 324 g/mol. The summed E-state index contributed by atoms with van der Waals surface area (Å²) in [5.74, 6) is 0.850. The number of nitrogens with one attached hydrogen (secondary N) is 1. The fourth-order valence-corrected chi connectivity index (χ4v) is 2.12. The number of H-pyrrole nitrogens is 1. The lowest BCUT2D eigenvalue weighted by atomic mass is 10.2. The maximum absolute atomic E-state index is 6.04. The predicted molar refractivity (Wildman–Crippen MR) is 74.4 cm³/mol. The molecule has 1 atom stereocenters. The molecule has 102 valence electrons. The fourth-order valence-electron chi connectivity index (χ4n) is 1.76. The third kappa shape index (κ3) is 2.75. The van der Waals surface area contributed by atoms with Gasteiger partial charge in [0.1, 0.15) is 0 Å². The Morgan fingerprint density at radius 2 is 2.20 bits per heavy atom. The first-order chi connectivity index (χ1) is 9.72. The van der Waals surface area contributed by atoms with Gasteiger partial charge in [0.05, 0.1) is 12.4 Å². The monoisotopic (exact) mass is 334 g/mol. The van der Waals surface area contributed by atoms with Crippen molar-refractivity contribution in [2.45, 2.75) is 12.5 Å². The summed E-state index contributed by atoms with van der Waals surface area (Å²) in [6, 6.07) is 1.49. The van der Waals surface area contributed by atoms with Gasteiger partial charge in [0.25, 0.3) is 0 Å². The molecule has 7 nitrogen and oxygen atoms in total. The summed E-state index contributed by atoms with van der Waals surface area (Å²) in [4.78, 5) is 15.3. The Bertz CT molecular complexity index is 696. The van der Waals surface area contributed by atoms with E-state index in [1.165, 1.54) is 0 Å². The number of nitrogens with two attached hydrogens (primary N) is 1. The molecule has 0 saturated heterocycles. The highest BCUT2D eigenvalue weighted by Gasteiger charge is 2.17. The van der Waals surface area contributed by atoms with Crippen molar-refractivity contribution >= 4 is 15.9 Å². The number of aromatic nitrogens is 5. The topological polar surface area (TPSA) is 107 Å². The number of pyridine rings is 1. The summed E-state index contributed by atoms with van der Waals surface area (Å²) in [6.07, 6.45) is 7.23. The average molecular weight is 335 g/mol. The predicted octanol–water partition coefficient (Wildman–Crippen LogP) is 1.86. The Kier molecular flexibility index (Phi) is 3.57. The summed E-state index contributed by atoms with van der Waals surface area (Å²) in [5.41, 5.74) is 7.72. The molecule has 3 heterocycles. The summed E-state index contributed by atoms with van der Waals surface area (Å²) < 4.78 is 6.06. The van der Waals surface area contributed by atoms with Crippen molar-refractivity contribution in [2.24, 2.45) is 5.73 Å². The van der Waals surface area contributed by atoms with Crippen LogP contribution >= 0.6 is 15.9 Å². The van der Waals surface area contributed by atoms with Gasteiger partial charge in [0.15, 0.2) is 0 Å². The molecule has 8 heteroatoms. The molecule has 0 aliphatic carbocycles. The van der Waals surface area contributed by atoms with E-state index in [-0.39, 0.29) is 6.04 Å². The molecule has 0 bridgehead atoms. The van der Waals surface area contributed by atoms with E-state index in [2.05, 4.69) is 41.0 Å². The summed E-state index contributed by atoms with van der Waals surface area (Å²) in [7, 11) is 0. The molecule has 3 aromatic rings. The van der Waals surface area contributed by atoms with Gasteiger partial charge in [-0.05, 0) is 22.0 Å². The first kappa shape index (κ1) is 12.9. The van der Waals surface area contributed by atoms with E-state index in [9.17, 15) is 0 Å². The lowest BCUT2D eigenvalue weighted by Crippen LogP contribution is -2.13. The minimum Gasteiger partial charge on any atom is -0.348 e. The van der Waals surface area contributed by atoms with Crippen LogP contribution in [-0.2, 0) is 6.42 Å². The summed E-state index contributed by atoms with van der Waals surface area (Å²) in [5, 5.41) is 3.93. The van der Waals surface area contributed by atoms with Crippen LogP contribution in [0.15, 0.2) is 40.0 Å². The molecule has 3 aromatic heterocycles. The van der Waals surface area contributed by atoms with Crippen LogP contribution in [0.2, 0.25) is 0 Å². The number of rotatable bonds is 4. The van der Waals surface area contributed by atoms with E-state index in [1.807, 2.05) is 6.07 Å². The molecular formula is C12H11BrN6O. The first-order valence-corrected chi connectivity index (χ1v) is 6.69. The molecule has 3 rings (SSSR count). The van der Waals surface area contributed by atoms with Gasteiger partial charge in [-0.25, -0.2) is 4.98 Å². The van der Waals surface area contributed by atoms with Crippen LogP contribution in [0.1, 0.15) is 17.6 Å². The van der Waals surface area contributed by atoms with Gasteiger partial charge in [-0.15, -0.1) is 0 Å². The highest BCUT2D eigenvalue weighted by atomic mass is 79.9. The normalized spacial score (nSPS) is 12.5. The van der Waals surface area contributed by atoms with Crippen molar-refractivity contribution in [1.29, 1.82) is 0 Å². The van der Waals surface area contributed by atoms with Crippen molar-refractivity contribution in [3.05, 3.63) is 47.0 Å². The highest BCUT2D eigenvalue weighted by molar-refractivity contribution is 9.10. The van der Waals surface area contributed by atoms with Crippen molar-refractivity contribution in [1.82, 2.24) is 25.1 Å². The van der Waals surface area contributed by atoms with Gasteiger partial charge in [-0.3, -0.25) is 4.98 Å². The quantitative estimate of drug-likeness (QED) is 0.754. The molecule has 0 unspecified atom stereocenters. The Hall–Kier alpha value is -2.06. The van der Waals surface area contributed by atoms with Crippen molar-refractivity contribution in [3.8, 4) is 11.4 Å². The molecule has 0 radical (unpaired) electrons. The van der Waals surface area contributed by atoms with Crippen molar-refractivity contribution < 1.29 is 4.52 Å². The van der Waals surface area contributed by atoms with Crippen molar-refractivity contribution in [2.75, 3.05) is 0 Å². The largest absolute Gasteiger partial charge is 0.348 e. The molecule has 0 fully saturated rings. The zero-order valence-electron chi connectivity index (χ0n) is 10.3. The van der Waals surface area contributed by atoms with E-state index in [0.717, 1.165) is 15.7 Å². The zero-order valence-corrected chi connectivity index (χ0v) is 11.9. The Labute approximate surface area is 122 Å². The van der Waals surface area contributed by atoms with E-state index in [0.29, 0.717) is 18.1 Å². The second-order valence-corrected chi connectivity index (χ2v) is 5.15. The van der Waals surface area contributed by atoms with Crippen LogP contribution in [0, 0.1) is 0 Å². The SMILES string of the molecule is N[C@@H](Cc1cnc[nH]1)c1nc(-c2cncc(Br)c2)no1. The molecule has 0 aromatic carbocycles. The average Bonchev–Trinajstić information content (AvgIpc) is 3.09. The van der Waals surface area contributed by atoms with E-state index < -0.39 is 0 Å². The number of nitrogens with zero attached hydrogens (tertiary/aromatic N) is 4. The Morgan fingerprint density at radius 1 is 1.30 bits per heavy atom. The van der Waals surface area contributed by atoms with Crippen LogP contribution in [0.4, 0.5) is 0 Å². The zero-order chi connectivity index (χ0) is 13.9. The second-order valence-electron chi connectivity index (χ2n) is 4.24. The van der Waals surface area contributed by atoms with Gasteiger partial charge in [0, 0.05) is 40.7 Å². The lowest BCUT2D eigenvalue weighted by Gasteiger charge is -2.03. The molecule has 20 heavy (non-hydrogen) atoms. The number of aromatic amines is 1. The van der Waals surface area contributed by atoms with Crippen molar-refractivity contribution in [3.63, 3.8) is 0 Å². The maximum atomic E-state index is 6.04. The smallest absolute Gasteiger partial charge is 0.244 e. The summed E-state index contributed by atoms with van der Waals surface area (Å²) in [6.45, 7) is 0. The third-order valence-corrected chi connectivity index (χ3v) is 3.15. The minimum atomic E-state index is -0.378. The molecule has 0 aliphatic heterocycles. The van der Waals surface area contributed by atoms with E-state index in [4.69, 9.17) is 10.3 Å². The summed E-state index contributed by atoms with van der Waals surface area (Å²) >= 11 is 3.35. The number of hydrogen-bond acceptors (Lipinski definition) is 6. The number of halogens is 1. The molecule has 3 N–H and O–H groups in total. The number of imidazole rings is 1. The third-order valence-electron chi connectivity index (χ3n) is 2.72. The molecule has 0 amide bonds. The van der Waals surface area contributed by atoms with Gasteiger partial charge in [0.2, 0.25) is 11.7 Å². The number of hydrogen-bond donors (Lipinski definition) is 2. The molecule has 0 aliphatic rings. The van der Waals surface area contributed by atoms with Gasteiger partial charge in [-0.1, -0.05) is 5.16 Å². The van der Waals surface area contributed by atoms with Crippen LogP contribution < -0.4 is 5.73 Å². The van der Waals surface area contributed by atoms with Crippen LogP contribution in [-0.4, -0.2) is 25.1 Å². The first-order valence-electron chi connectivity index (χ1n) is 5.90. The van der Waals surface area contributed by atoms with E-state index in [1.54, 1.807) is 24.9 Å². The van der Waals surface area contributed by atoms with Crippen LogP contribution in [0.5, 0.6) is 0 Å². The van der Waals surface area contributed by atoms with Crippen LogP contribution in [0.25, 0.3) is 11.4 Å². The standard InChI is InChI=1S/C12H11BrN6O/c13-8-1-7(3-15-4-8)11-18-12(20-19-11)10(14)2-9-5-16-6-17-9/h1,3-6,10H,2,14H2,(H,16,17)/t10-/m0/s1. The van der Waals surface area contributed by atoms with Gasteiger partial charge >= 0.3 is 0 Å². The molecule has 0 spiro atoms. The Balaban J connectivity index is 1.79. The van der Waals surface area contributed by atoms with E-state index >= 15 is 0 Å². The second kappa shape index (κ2) is 5.51. The fraction of sp³-hybridized carbons (Fsp3) is 0.167. The highest BCUT2D eigenvalue weighted by Crippen LogP contribution is 2.21. The minimum absolute atomic E-state index is 0.378. The van der Waals surface area contributed by atoms with Gasteiger partial charge in [-0.2, -0.15) is 4.98 Å². The Morgan fingerprint density at radius 3 is 2.95 bits per heavy atom. The lowest BCUT2D eigenvalue weighted by molar-refractivity contribution is 0.354.